The Morgan fingerprint density at radius 3 is 2.47 bits per heavy atom. The molecule has 1 atom stereocenters. The molecule has 0 unspecified atom stereocenters. The van der Waals surface area contributed by atoms with Gasteiger partial charge in [0.05, 0.1) is 6.04 Å². The van der Waals surface area contributed by atoms with Crippen LogP contribution in [0.25, 0.3) is 0 Å². The molecule has 100 valence electrons. The van der Waals surface area contributed by atoms with E-state index in [1.54, 1.807) is 0 Å². The standard InChI is InChI=1S/C13H24N2O.ClH/c16-13(12-7-3-4-9-14-12)15-10-8-11-5-1-2-6-11;/h11-12,14H,1-10H2,(H,15,16);1H/t12-;/m0./s1. The van der Waals surface area contributed by atoms with Gasteiger partial charge < -0.3 is 10.6 Å². The van der Waals surface area contributed by atoms with Crippen molar-refractivity contribution in [1.82, 2.24) is 10.6 Å². The second-order valence-corrected chi connectivity index (χ2v) is 5.23. The van der Waals surface area contributed by atoms with Crippen LogP contribution in [0.1, 0.15) is 51.4 Å². The summed E-state index contributed by atoms with van der Waals surface area (Å²) in [5.74, 6) is 1.09. The molecular formula is C13H25ClN2O. The average Bonchev–Trinajstić information content (AvgIpc) is 2.83. The maximum absolute atomic E-state index is 11.8. The molecule has 2 rings (SSSR count). The van der Waals surface area contributed by atoms with Gasteiger partial charge in [-0.2, -0.15) is 0 Å². The lowest BCUT2D eigenvalue weighted by molar-refractivity contribution is -0.123. The average molecular weight is 261 g/mol. The quantitative estimate of drug-likeness (QED) is 0.814. The minimum atomic E-state index is 0. The number of nitrogens with one attached hydrogen (secondary N) is 2. The molecule has 17 heavy (non-hydrogen) atoms. The first-order chi connectivity index (χ1) is 7.86. The van der Waals surface area contributed by atoms with Crippen molar-refractivity contribution >= 4 is 18.3 Å². The molecule has 0 aromatic carbocycles. The molecule has 1 aliphatic heterocycles. The molecule has 2 fully saturated rings. The van der Waals surface area contributed by atoms with Crippen molar-refractivity contribution in [3.8, 4) is 0 Å². The maximum Gasteiger partial charge on any atom is 0.237 e. The Balaban J connectivity index is 0.00000144. The van der Waals surface area contributed by atoms with E-state index in [2.05, 4.69) is 10.6 Å². The van der Waals surface area contributed by atoms with Gasteiger partial charge in [0.15, 0.2) is 0 Å². The van der Waals surface area contributed by atoms with Crippen LogP contribution in [-0.4, -0.2) is 25.0 Å². The molecule has 3 nitrogen and oxygen atoms in total. The highest BCUT2D eigenvalue weighted by Crippen LogP contribution is 2.26. The molecule has 0 aromatic heterocycles. The van der Waals surface area contributed by atoms with Gasteiger partial charge in [0, 0.05) is 6.54 Å². The molecular weight excluding hydrogens is 236 g/mol. The van der Waals surface area contributed by atoms with Gasteiger partial charge in [-0.3, -0.25) is 4.79 Å². The van der Waals surface area contributed by atoms with Crippen molar-refractivity contribution in [2.24, 2.45) is 5.92 Å². The summed E-state index contributed by atoms with van der Waals surface area (Å²) in [6.45, 7) is 1.88. The summed E-state index contributed by atoms with van der Waals surface area (Å²) < 4.78 is 0. The second-order valence-electron chi connectivity index (χ2n) is 5.23. The molecule has 0 bridgehead atoms. The lowest BCUT2D eigenvalue weighted by Gasteiger charge is -2.22. The van der Waals surface area contributed by atoms with Crippen LogP contribution in [0, 0.1) is 5.92 Å². The zero-order valence-corrected chi connectivity index (χ0v) is 11.4. The zero-order chi connectivity index (χ0) is 11.2. The minimum absolute atomic E-state index is 0. The number of amides is 1. The lowest BCUT2D eigenvalue weighted by atomic mass is 10.0. The van der Waals surface area contributed by atoms with E-state index in [9.17, 15) is 4.79 Å². The van der Waals surface area contributed by atoms with Crippen LogP contribution in [0.15, 0.2) is 0 Å². The first-order valence-electron chi connectivity index (χ1n) is 6.87. The van der Waals surface area contributed by atoms with Gasteiger partial charge in [0.1, 0.15) is 0 Å². The van der Waals surface area contributed by atoms with E-state index in [0.717, 1.165) is 25.4 Å². The fourth-order valence-electron chi connectivity index (χ4n) is 2.90. The lowest BCUT2D eigenvalue weighted by Crippen LogP contribution is -2.46. The molecule has 1 aliphatic carbocycles. The van der Waals surface area contributed by atoms with Crippen LogP contribution in [0.3, 0.4) is 0 Å². The van der Waals surface area contributed by atoms with Crippen molar-refractivity contribution < 1.29 is 4.79 Å². The summed E-state index contributed by atoms with van der Waals surface area (Å²) in [5.41, 5.74) is 0. The zero-order valence-electron chi connectivity index (χ0n) is 10.5. The van der Waals surface area contributed by atoms with E-state index in [4.69, 9.17) is 0 Å². The van der Waals surface area contributed by atoms with Crippen molar-refractivity contribution in [3.05, 3.63) is 0 Å². The van der Waals surface area contributed by atoms with Crippen LogP contribution in [0.4, 0.5) is 0 Å². The summed E-state index contributed by atoms with van der Waals surface area (Å²) in [4.78, 5) is 11.8. The van der Waals surface area contributed by atoms with E-state index in [1.807, 2.05) is 0 Å². The van der Waals surface area contributed by atoms with E-state index >= 15 is 0 Å². The first-order valence-corrected chi connectivity index (χ1v) is 6.87. The largest absolute Gasteiger partial charge is 0.355 e. The Morgan fingerprint density at radius 1 is 1.12 bits per heavy atom. The Bertz CT molecular complexity index is 223. The predicted octanol–water partition coefficient (Wildman–Crippen LogP) is 2.25. The van der Waals surface area contributed by atoms with Crippen molar-refractivity contribution in [2.45, 2.75) is 57.4 Å². The highest BCUT2D eigenvalue weighted by molar-refractivity contribution is 5.85. The van der Waals surface area contributed by atoms with Gasteiger partial charge in [-0.05, 0) is 31.7 Å². The number of rotatable bonds is 4. The SMILES string of the molecule is Cl.O=C(NCCC1CCCC1)[C@@H]1CCCCN1. The summed E-state index contributed by atoms with van der Waals surface area (Å²) in [5, 5.41) is 6.36. The molecule has 1 amide bonds. The fourth-order valence-corrected chi connectivity index (χ4v) is 2.90. The summed E-state index contributed by atoms with van der Waals surface area (Å²) >= 11 is 0. The number of halogens is 1. The maximum atomic E-state index is 11.8. The van der Waals surface area contributed by atoms with Gasteiger partial charge in [-0.1, -0.05) is 32.1 Å². The van der Waals surface area contributed by atoms with Crippen molar-refractivity contribution in [2.75, 3.05) is 13.1 Å². The van der Waals surface area contributed by atoms with Crippen molar-refractivity contribution in [3.63, 3.8) is 0 Å². The van der Waals surface area contributed by atoms with E-state index in [1.165, 1.54) is 44.9 Å². The fraction of sp³-hybridized carbons (Fsp3) is 0.923. The molecule has 1 heterocycles. The number of hydrogen-bond acceptors (Lipinski definition) is 2. The molecule has 2 N–H and O–H groups in total. The number of hydrogen-bond donors (Lipinski definition) is 2. The van der Waals surface area contributed by atoms with Crippen LogP contribution < -0.4 is 10.6 Å². The van der Waals surface area contributed by atoms with Crippen LogP contribution >= 0.6 is 12.4 Å². The minimum Gasteiger partial charge on any atom is -0.355 e. The van der Waals surface area contributed by atoms with Gasteiger partial charge in [-0.25, -0.2) is 0 Å². The van der Waals surface area contributed by atoms with Gasteiger partial charge in [-0.15, -0.1) is 12.4 Å². The Hall–Kier alpha value is -0.280. The second kappa shape index (κ2) is 7.93. The van der Waals surface area contributed by atoms with E-state index in [-0.39, 0.29) is 24.4 Å². The Morgan fingerprint density at radius 2 is 1.82 bits per heavy atom. The van der Waals surface area contributed by atoms with Gasteiger partial charge >= 0.3 is 0 Å². The number of carbonyl (C=O) groups is 1. The third-order valence-electron chi connectivity index (χ3n) is 3.95. The molecule has 1 saturated carbocycles. The third-order valence-corrected chi connectivity index (χ3v) is 3.95. The Labute approximate surface area is 111 Å². The molecule has 2 aliphatic rings. The summed E-state index contributed by atoms with van der Waals surface area (Å²) in [6.07, 6.45) is 10.1. The normalized spacial score (nSPS) is 25.3. The molecule has 0 aromatic rings. The highest BCUT2D eigenvalue weighted by atomic mass is 35.5. The number of piperidine rings is 1. The van der Waals surface area contributed by atoms with Crippen LogP contribution in [0.2, 0.25) is 0 Å². The van der Waals surface area contributed by atoms with E-state index < -0.39 is 0 Å². The first kappa shape index (κ1) is 14.8. The van der Waals surface area contributed by atoms with Crippen molar-refractivity contribution in [1.29, 1.82) is 0 Å². The van der Waals surface area contributed by atoms with Crippen LogP contribution in [-0.2, 0) is 4.79 Å². The van der Waals surface area contributed by atoms with Gasteiger partial charge in [0.2, 0.25) is 5.91 Å². The highest BCUT2D eigenvalue weighted by Gasteiger charge is 2.20. The monoisotopic (exact) mass is 260 g/mol. The summed E-state index contributed by atoms with van der Waals surface area (Å²) in [7, 11) is 0. The van der Waals surface area contributed by atoms with Crippen LogP contribution in [0.5, 0.6) is 0 Å². The summed E-state index contributed by atoms with van der Waals surface area (Å²) in [6, 6.07) is 0.0809. The molecule has 0 radical (unpaired) electrons. The number of carbonyl (C=O) groups excluding carboxylic acids is 1. The Kier molecular flexibility index (Phi) is 6.90. The third kappa shape index (κ3) is 4.84. The van der Waals surface area contributed by atoms with E-state index in [0.29, 0.717) is 0 Å². The molecule has 0 spiro atoms. The topological polar surface area (TPSA) is 41.1 Å². The van der Waals surface area contributed by atoms with Gasteiger partial charge in [0.25, 0.3) is 0 Å². The smallest absolute Gasteiger partial charge is 0.237 e. The molecule has 1 saturated heterocycles. The predicted molar refractivity (Wildman–Crippen MR) is 72.5 cm³/mol. The molecule has 4 heteroatoms.